The Bertz CT molecular complexity index is 1000. The Balaban J connectivity index is 1.77. The summed E-state index contributed by atoms with van der Waals surface area (Å²) in [5.74, 6) is 0.733. The number of hydrogen-bond acceptors (Lipinski definition) is 4. The van der Waals surface area contributed by atoms with Crippen LogP contribution in [0.4, 0.5) is 17.1 Å². The molecule has 0 aliphatic rings. The van der Waals surface area contributed by atoms with Crippen molar-refractivity contribution in [2.75, 3.05) is 17.1 Å². The van der Waals surface area contributed by atoms with Gasteiger partial charge in [-0.2, -0.15) is 0 Å². The zero-order valence-electron chi connectivity index (χ0n) is 14.6. The van der Waals surface area contributed by atoms with Crippen LogP contribution >= 0.6 is 0 Å². The minimum Gasteiger partial charge on any atom is -0.495 e. The van der Waals surface area contributed by atoms with E-state index in [2.05, 4.69) is 10.0 Å². The first-order valence-corrected chi connectivity index (χ1v) is 9.56. The van der Waals surface area contributed by atoms with Gasteiger partial charge in [0.15, 0.2) is 0 Å². The summed E-state index contributed by atoms with van der Waals surface area (Å²) in [4.78, 5) is 0.274. The van der Waals surface area contributed by atoms with Crippen LogP contribution in [0.5, 0.6) is 5.75 Å². The molecule has 0 unspecified atom stereocenters. The molecule has 0 aliphatic carbocycles. The highest BCUT2D eigenvalue weighted by Crippen LogP contribution is 2.28. The third-order valence-electron chi connectivity index (χ3n) is 3.91. The van der Waals surface area contributed by atoms with Gasteiger partial charge in [-0.25, -0.2) is 8.42 Å². The summed E-state index contributed by atoms with van der Waals surface area (Å²) in [7, 11) is -2.00. The number of para-hydroxylation sites is 2. The lowest BCUT2D eigenvalue weighted by atomic mass is 10.2. The molecule has 3 aromatic carbocycles. The smallest absolute Gasteiger partial charge is 0.262 e. The second kappa shape index (κ2) is 7.49. The Hall–Kier alpha value is -2.99. The third-order valence-corrected chi connectivity index (χ3v) is 5.45. The van der Waals surface area contributed by atoms with Crippen molar-refractivity contribution < 1.29 is 13.2 Å². The Morgan fingerprint density at radius 1 is 0.808 bits per heavy atom. The van der Waals surface area contributed by atoms with Crippen LogP contribution in [0.25, 0.3) is 0 Å². The van der Waals surface area contributed by atoms with Crippen LogP contribution in [0.1, 0.15) is 5.56 Å². The van der Waals surface area contributed by atoms with E-state index < -0.39 is 10.0 Å². The van der Waals surface area contributed by atoms with Crippen LogP contribution in [-0.4, -0.2) is 15.5 Å². The molecule has 5 nitrogen and oxygen atoms in total. The van der Waals surface area contributed by atoms with Gasteiger partial charge in [-0.3, -0.25) is 4.72 Å². The summed E-state index contributed by atoms with van der Waals surface area (Å²) in [6.45, 7) is 1.77. The summed E-state index contributed by atoms with van der Waals surface area (Å²) in [5.41, 5.74) is 2.87. The molecule has 3 rings (SSSR count). The van der Waals surface area contributed by atoms with Crippen molar-refractivity contribution in [3.63, 3.8) is 0 Å². The van der Waals surface area contributed by atoms with E-state index in [1.165, 1.54) is 0 Å². The molecule has 3 aromatic rings. The molecule has 6 heteroatoms. The van der Waals surface area contributed by atoms with Gasteiger partial charge in [0.1, 0.15) is 5.75 Å². The van der Waals surface area contributed by atoms with E-state index in [0.717, 1.165) is 17.1 Å². The molecule has 0 saturated carbocycles. The monoisotopic (exact) mass is 368 g/mol. The average molecular weight is 368 g/mol. The number of nitrogens with one attached hydrogen (secondary N) is 2. The van der Waals surface area contributed by atoms with Crippen molar-refractivity contribution in [1.82, 2.24) is 0 Å². The number of ether oxygens (including phenoxy) is 1. The highest BCUT2D eigenvalue weighted by Gasteiger charge is 2.16. The maximum atomic E-state index is 12.5. The van der Waals surface area contributed by atoms with Crippen molar-refractivity contribution in [3.8, 4) is 5.75 Å². The van der Waals surface area contributed by atoms with Crippen LogP contribution in [-0.2, 0) is 10.0 Å². The second-order valence-corrected chi connectivity index (χ2v) is 7.42. The SMILES string of the molecule is COc1ccccc1Nc1ccc(NS(=O)(=O)c2ccccc2C)cc1. The Labute approximate surface area is 153 Å². The maximum Gasteiger partial charge on any atom is 0.262 e. The Morgan fingerprint density at radius 2 is 1.42 bits per heavy atom. The molecule has 0 bridgehead atoms. The van der Waals surface area contributed by atoms with Gasteiger partial charge in [0.05, 0.1) is 17.7 Å². The van der Waals surface area contributed by atoms with E-state index in [1.807, 2.05) is 42.5 Å². The third kappa shape index (κ3) is 3.97. The predicted octanol–water partition coefficient (Wildman–Crippen LogP) is 4.55. The number of benzene rings is 3. The molecular weight excluding hydrogens is 348 g/mol. The fraction of sp³-hybridized carbons (Fsp3) is 0.100. The van der Waals surface area contributed by atoms with Crippen LogP contribution < -0.4 is 14.8 Å². The van der Waals surface area contributed by atoms with Crippen molar-refractivity contribution in [1.29, 1.82) is 0 Å². The topological polar surface area (TPSA) is 67.4 Å². The van der Waals surface area contributed by atoms with E-state index in [0.29, 0.717) is 11.3 Å². The lowest BCUT2D eigenvalue weighted by Crippen LogP contribution is -2.14. The number of aryl methyl sites for hydroxylation is 1. The highest BCUT2D eigenvalue weighted by molar-refractivity contribution is 7.92. The summed E-state index contributed by atoms with van der Waals surface area (Å²) >= 11 is 0. The van der Waals surface area contributed by atoms with Gasteiger partial charge in [-0.05, 0) is 55.0 Å². The molecule has 0 amide bonds. The largest absolute Gasteiger partial charge is 0.495 e. The first kappa shape index (κ1) is 17.8. The summed E-state index contributed by atoms with van der Waals surface area (Å²) < 4.78 is 33.0. The maximum absolute atomic E-state index is 12.5. The van der Waals surface area contributed by atoms with E-state index in [1.54, 1.807) is 44.4 Å². The number of methoxy groups -OCH3 is 1. The van der Waals surface area contributed by atoms with Gasteiger partial charge < -0.3 is 10.1 Å². The van der Waals surface area contributed by atoms with Gasteiger partial charge in [-0.15, -0.1) is 0 Å². The van der Waals surface area contributed by atoms with E-state index in [9.17, 15) is 8.42 Å². The quantitative estimate of drug-likeness (QED) is 0.670. The Kier molecular flexibility index (Phi) is 5.14. The molecule has 0 spiro atoms. The fourth-order valence-electron chi connectivity index (χ4n) is 2.59. The summed E-state index contributed by atoms with van der Waals surface area (Å²) in [6.07, 6.45) is 0. The van der Waals surface area contributed by atoms with Crippen molar-refractivity contribution >= 4 is 27.1 Å². The molecule has 0 atom stereocenters. The molecule has 0 saturated heterocycles. The molecule has 0 heterocycles. The van der Waals surface area contributed by atoms with E-state index >= 15 is 0 Å². The molecule has 0 fully saturated rings. The number of hydrogen-bond donors (Lipinski definition) is 2. The van der Waals surface area contributed by atoms with Crippen LogP contribution in [0, 0.1) is 6.92 Å². The van der Waals surface area contributed by atoms with Gasteiger partial charge in [0, 0.05) is 11.4 Å². The van der Waals surface area contributed by atoms with Crippen molar-refractivity contribution in [2.45, 2.75) is 11.8 Å². The first-order chi connectivity index (χ1) is 12.5. The molecule has 134 valence electrons. The summed E-state index contributed by atoms with van der Waals surface area (Å²) in [6, 6.07) is 21.5. The molecular formula is C20H20N2O3S. The highest BCUT2D eigenvalue weighted by atomic mass is 32.2. The molecule has 26 heavy (non-hydrogen) atoms. The lowest BCUT2D eigenvalue weighted by molar-refractivity contribution is 0.417. The lowest BCUT2D eigenvalue weighted by Gasteiger charge is -2.13. The van der Waals surface area contributed by atoms with E-state index in [-0.39, 0.29) is 4.90 Å². The van der Waals surface area contributed by atoms with Crippen LogP contribution in [0.3, 0.4) is 0 Å². The normalized spacial score (nSPS) is 11.0. The molecule has 2 N–H and O–H groups in total. The fourth-order valence-corrected chi connectivity index (χ4v) is 3.90. The van der Waals surface area contributed by atoms with Gasteiger partial charge >= 0.3 is 0 Å². The predicted molar refractivity (Wildman–Crippen MR) is 105 cm³/mol. The molecule has 0 aromatic heterocycles. The second-order valence-electron chi connectivity index (χ2n) is 5.77. The van der Waals surface area contributed by atoms with Crippen LogP contribution in [0.15, 0.2) is 77.7 Å². The Morgan fingerprint density at radius 3 is 2.12 bits per heavy atom. The van der Waals surface area contributed by atoms with Crippen molar-refractivity contribution in [2.24, 2.45) is 0 Å². The van der Waals surface area contributed by atoms with Gasteiger partial charge in [-0.1, -0.05) is 30.3 Å². The molecule has 0 aliphatic heterocycles. The van der Waals surface area contributed by atoms with Crippen LogP contribution in [0.2, 0.25) is 0 Å². The number of sulfonamides is 1. The zero-order valence-corrected chi connectivity index (χ0v) is 15.4. The van der Waals surface area contributed by atoms with E-state index in [4.69, 9.17) is 4.74 Å². The average Bonchev–Trinajstić information content (AvgIpc) is 2.64. The standard InChI is InChI=1S/C20H20N2O3S/c1-15-7-3-6-10-20(15)26(23,24)22-17-13-11-16(12-14-17)21-18-8-4-5-9-19(18)25-2/h3-14,21-22H,1-2H3. The van der Waals surface area contributed by atoms with Gasteiger partial charge in [0.2, 0.25) is 0 Å². The summed E-state index contributed by atoms with van der Waals surface area (Å²) in [5, 5.41) is 3.25. The molecule has 0 radical (unpaired) electrons. The number of anilines is 3. The first-order valence-electron chi connectivity index (χ1n) is 8.08. The minimum absolute atomic E-state index is 0.274. The van der Waals surface area contributed by atoms with Gasteiger partial charge in [0.25, 0.3) is 10.0 Å². The van der Waals surface area contributed by atoms with Crippen molar-refractivity contribution in [3.05, 3.63) is 78.4 Å². The minimum atomic E-state index is -3.62. The zero-order chi connectivity index (χ0) is 18.6. The number of rotatable bonds is 6.